The molecule has 0 saturated carbocycles. The van der Waals surface area contributed by atoms with E-state index in [4.69, 9.17) is 13.8 Å². The van der Waals surface area contributed by atoms with Crippen molar-refractivity contribution in [2.45, 2.75) is 309 Å². The second kappa shape index (κ2) is 57.7. The normalized spacial score (nSPS) is 14.1. The fourth-order valence-electron chi connectivity index (χ4n) is 9.38. The molecule has 0 saturated heterocycles. The SMILES string of the molecule is CC/C=C\C/C=C\C/C=C\C/C=C\C/C=C\CCCCCCCCCC(=O)OC(/C=C/CCCCCCCCCCCCC)C(COP(=O)(O)OCC[N+](C)(C)C)NC(=O)CCCCCCCCCCCCCCCCCC. The summed E-state index contributed by atoms with van der Waals surface area (Å²) in [6.07, 6.45) is 74.6. The molecule has 0 aliphatic heterocycles. The van der Waals surface area contributed by atoms with Gasteiger partial charge in [-0.25, -0.2) is 4.57 Å². The van der Waals surface area contributed by atoms with Gasteiger partial charge in [0.05, 0.1) is 33.8 Å². The Bertz CT molecular complexity index is 1570. The predicted molar refractivity (Wildman–Crippen MR) is 337 cm³/mol. The largest absolute Gasteiger partial charge is 0.472 e. The van der Waals surface area contributed by atoms with Crippen molar-refractivity contribution >= 4 is 19.7 Å². The first-order valence-electron chi connectivity index (χ1n) is 32.8. The summed E-state index contributed by atoms with van der Waals surface area (Å²) in [6.45, 7) is 6.92. The Balaban J connectivity index is 5.22. The van der Waals surface area contributed by atoms with Crippen LogP contribution in [0.1, 0.15) is 297 Å². The van der Waals surface area contributed by atoms with Crippen molar-refractivity contribution in [3.63, 3.8) is 0 Å². The van der Waals surface area contributed by atoms with Crippen LogP contribution in [0.25, 0.3) is 0 Å². The average Bonchev–Trinajstić information content (AvgIpc) is 3.40. The Morgan fingerprint density at radius 1 is 0.462 bits per heavy atom. The Kier molecular flexibility index (Phi) is 55.8. The molecule has 0 rings (SSSR count). The highest BCUT2D eigenvalue weighted by atomic mass is 31.2. The number of hydrogen-bond donors (Lipinski definition) is 2. The molecule has 0 aromatic carbocycles. The number of hydrogen-bond acceptors (Lipinski definition) is 6. The number of phosphoric acid groups is 1. The molecular weight excluding hydrogens is 988 g/mol. The highest BCUT2D eigenvalue weighted by Gasteiger charge is 2.30. The number of allylic oxidation sites excluding steroid dienone is 11. The standard InChI is InChI=1S/C68H125N2O7P/c1-7-10-13-16-19-22-25-28-30-32-33-34-35-36-37-38-40-43-46-49-52-55-58-61-68(72)77-66(59-56-53-50-47-44-41-27-24-21-18-15-12-9-3)65(64-76-78(73,74)75-63-62-70(4,5)6)69-67(71)60-57-54-51-48-45-42-39-31-29-26-23-20-17-14-11-8-2/h10,13,19,22,28,30,33-34,36-37,56,59,65-66H,7-9,11-12,14-18,20-21,23-27,29,31-32,35,38-55,57-58,60-64H2,1-6H3,(H-,69,71,73,74)/p+1/b13-10-,22-19-,30-28-,34-33-,37-36-,59-56+. The van der Waals surface area contributed by atoms with Gasteiger partial charge in [0.25, 0.3) is 0 Å². The van der Waals surface area contributed by atoms with Crippen molar-refractivity contribution in [3.05, 3.63) is 72.9 Å². The first-order chi connectivity index (χ1) is 37.9. The van der Waals surface area contributed by atoms with Gasteiger partial charge in [0.1, 0.15) is 19.3 Å². The van der Waals surface area contributed by atoms with Gasteiger partial charge in [-0.15, -0.1) is 0 Å². The second-order valence-electron chi connectivity index (χ2n) is 23.3. The summed E-state index contributed by atoms with van der Waals surface area (Å²) in [7, 11) is 1.49. The monoisotopic (exact) mass is 1110 g/mol. The van der Waals surface area contributed by atoms with Crippen molar-refractivity contribution in [3.8, 4) is 0 Å². The Hall–Kier alpha value is -2.55. The van der Waals surface area contributed by atoms with Crippen LogP contribution >= 0.6 is 7.82 Å². The van der Waals surface area contributed by atoms with Crippen molar-refractivity contribution in [2.24, 2.45) is 0 Å². The van der Waals surface area contributed by atoms with E-state index in [1.165, 1.54) is 161 Å². The van der Waals surface area contributed by atoms with Gasteiger partial charge in [0.2, 0.25) is 5.91 Å². The third-order valence-electron chi connectivity index (χ3n) is 14.4. The number of likely N-dealkylation sites (N-methyl/N-ethyl adjacent to an activating group) is 1. The van der Waals surface area contributed by atoms with Crippen molar-refractivity contribution in [1.82, 2.24) is 5.32 Å². The topological polar surface area (TPSA) is 111 Å². The van der Waals surface area contributed by atoms with Crippen molar-refractivity contribution < 1.29 is 37.3 Å². The van der Waals surface area contributed by atoms with E-state index >= 15 is 0 Å². The summed E-state index contributed by atoms with van der Waals surface area (Å²) < 4.78 is 30.8. The predicted octanol–water partition coefficient (Wildman–Crippen LogP) is 20.4. The number of carbonyl (C=O) groups is 2. The number of phosphoric ester groups is 1. The summed E-state index contributed by atoms with van der Waals surface area (Å²) >= 11 is 0. The molecule has 0 radical (unpaired) electrons. The van der Waals surface area contributed by atoms with E-state index in [1.54, 1.807) is 0 Å². The molecule has 3 atom stereocenters. The van der Waals surface area contributed by atoms with Gasteiger partial charge in [-0.1, -0.05) is 280 Å². The number of ether oxygens (including phenoxy) is 1. The number of esters is 1. The van der Waals surface area contributed by atoms with Gasteiger partial charge < -0.3 is 19.4 Å². The number of nitrogens with zero attached hydrogens (tertiary/aromatic N) is 1. The Morgan fingerprint density at radius 3 is 1.23 bits per heavy atom. The van der Waals surface area contributed by atoms with Crippen LogP contribution in [0.15, 0.2) is 72.9 Å². The third-order valence-corrected chi connectivity index (χ3v) is 15.4. The van der Waals surface area contributed by atoms with E-state index in [9.17, 15) is 19.0 Å². The molecule has 0 aliphatic carbocycles. The number of carbonyl (C=O) groups excluding carboxylic acids is 2. The Labute approximate surface area is 483 Å². The second-order valence-corrected chi connectivity index (χ2v) is 24.7. The van der Waals surface area contributed by atoms with Crippen LogP contribution in [0.4, 0.5) is 0 Å². The molecule has 0 fully saturated rings. The van der Waals surface area contributed by atoms with Gasteiger partial charge in [-0.3, -0.25) is 18.6 Å². The number of amides is 1. The molecule has 2 N–H and O–H groups in total. The number of rotatable bonds is 59. The van der Waals surface area contributed by atoms with E-state index in [0.29, 0.717) is 17.4 Å². The minimum absolute atomic E-state index is 0.0376. The minimum atomic E-state index is -4.45. The molecule has 3 unspecified atom stereocenters. The van der Waals surface area contributed by atoms with Gasteiger partial charge in [0, 0.05) is 12.8 Å². The lowest BCUT2D eigenvalue weighted by molar-refractivity contribution is -0.870. The minimum Gasteiger partial charge on any atom is -0.456 e. The zero-order chi connectivity index (χ0) is 57.2. The van der Waals surface area contributed by atoms with E-state index in [2.05, 4.69) is 86.8 Å². The zero-order valence-electron chi connectivity index (χ0n) is 51.9. The lowest BCUT2D eigenvalue weighted by Gasteiger charge is -2.27. The molecule has 78 heavy (non-hydrogen) atoms. The average molecular weight is 1110 g/mol. The van der Waals surface area contributed by atoms with Gasteiger partial charge >= 0.3 is 13.8 Å². The first kappa shape index (κ1) is 75.5. The summed E-state index contributed by atoms with van der Waals surface area (Å²) in [5.41, 5.74) is 0. The molecule has 0 aliphatic rings. The van der Waals surface area contributed by atoms with E-state index in [-0.39, 0.29) is 31.5 Å². The number of nitrogens with one attached hydrogen (secondary N) is 1. The van der Waals surface area contributed by atoms with Gasteiger partial charge in [0.15, 0.2) is 0 Å². The maximum absolute atomic E-state index is 13.6. The van der Waals surface area contributed by atoms with Gasteiger partial charge in [-0.05, 0) is 76.7 Å². The number of quaternary nitrogens is 1. The lowest BCUT2D eigenvalue weighted by Crippen LogP contribution is -2.47. The molecule has 454 valence electrons. The molecule has 10 heteroatoms. The van der Waals surface area contributed by atoms with E-state index < -0.39 is 20.0 Å². The summed E-state index contributed by atoms with van der Waals surface area (Å²) in [5, 5.41) is 3.06. The van der Waals surface area contributed by atoms with Crippen LogP contribution in [-0.2, 0) is 27.9 Å². The maximum Gasteiger partial charge on any atom is 0.472 e. The first-order valence-corrected chi connectivity index (χ1v) is 34.3. The van der Waals surface area contributed by atoms with Gasteiger partial charge in [-0.2, -0.15) is 0 Å². The van der Waals surface area contributed by atoms with Crippen LogP contribution in [0.2, 0.25) is 0 Å². The van der Waals surface area contributed by atoms with Crippen LogP contribution in [0.3, 0.4) is 0 Å². The number of unbranched alkanes of at least 4 members (excludes halogenated alkanes) is 33. The van der Waals surface area contributed by atoms with Crippen molar-refractivity contribution in [1.29, 1.82) is 0 Å². The fraction of sp³-hybridized carbons (Fsp3) is 0.794. The van der Waals surface area contributed by atoms with Crippen LogP contribution in [0.5, 0.6) is 0 Å². The summed E-state index contributed by atoms with van der Waals surface area (Å²) in [4.78, 5) is 37.8. The smallest absolute Gasteiger partial charge is 0.456 e. The molecule has 0 bridgehead atoms. The fourth-order valence-corrected chi connectivity index (χ4v) is 10.1. The molecule has 1 amide bonds. The lowest BCUT2D eigenvalue weighted by atomic mass is 10.0. The highest BCUT2D eigenvalue weighted by Crippen LogP contribution is 2.43. The van der Waals surface area contributed by atoms with Crippen LogP contribution in [0, 0.1) is 0 Å². The molecule has 9 nitrogen and oxygen atoms in total. The van der Waals surface area contributed by atoms with Crippen molar-refractivity contribution in [2.75, 3.05) is 40.9 Å². The zero-order valence-corrected chi connectivity index (χ0v) is 52.8. The molecule has 0 spiro atoms. The molecule has 0 aromatic rings. The van der Waals surface area contributed by atoms with Crippen LogP contribution < -0.4 is 5.32 Å². The van der Waals surface area contributed by atoms with Crippen LogP contribution in [-0.4, -0.2) is 74.3 Å². The Morgan fingerprint density at radius 2 is 0.821 bits per heavy atom. The third kappa shape index (κ3) is 58.1. The van der Waals surface area contributed by atoms with E-state index in [1.807, 2.05) is 33.3 Å². The molecule has 0 aromatic heterocycles. The maximum atomic E-state index is 13.6. The molecular formula is C68H126N2O7P+. The molecule has 0 heterocycles. The van der Waals surface area contributed by atoms with E-state index in [0.717, 1.165) is 103 Å². The quantitative estimate of drug-likeness (QED) is 0.0205. The highest BCUT2D eigenvalue weighted by molar-refractivity contribution is 7.47. The summed E-state index contributed by atoms with van der Waals surface area (Å²) in [5.74, 6) is -0.509. The summed E-state index contributed by atoms with van der Waals surface area (Å²) in [6, 6.07) is -0.854.